The third-order valence-corrected chi connectivity index (χ3v) is 11.0. The summed E-state index contributed by atoms with van der Waals surface area (Å²) in [5.41, 5.74) is -1.22. The minimum atomic E-state index is -4.63. The number of nitro groups is 1. The quantitative estimate of drug-likeness (QED) is 0.0765. The van der Waals surface area contributed by atoms with Crippen LogP contribution in [0.1, 0.15) is 31.1 Å². The number of nitro benzene ring substituents is 1. The summed E-state index contributed by atoms with van der Waals surface area (Å²) in [7, 11) is -8.81. The van der Waals surface area contributed by atoms with E-state index in [-0.39, 0.29) is 18.0 Å². The molecule has 280 valence electrons. The molecule has 3 rings (SSSR count). The number of rotatable bonds is 14. The Morgan fingerprint density at radius 1 is 0.887 bits per heavy atom. The van der Waals surface area contributed by atoms with E-state index in [1.54, 1.807) is 51.1 Å². The number of benzene rings is 3. The predicted molar refractivity (Wildman–Crippen MR) is 200 cm³/mol. The van der Waals surface area contributed by atoms with Crippen molar-refractivity contribution < 1.29 is 40.8 Å². The van der Waals surface area contributed by atoms with E-state index in [4.69, 9.17) is 9.47 Å². The summed E-state index contributed by atoms with van der Waals surface area (Å²) in [5.74, 6) is 9.99. The zero-order chi connectivity index (χ0) is 39.2. The summed E-state index contributed by atoms with van der Waals surface area (Å²) in [4.78, 5) is 34.9. The molecule has 0 saturated heterocycles. The second-order valence-electron chi connectivity index (χ2n) is 11.9. The number of esters is 1. The molecule has 0 heterocycles. The van der Waals surface area contributed by atoms with E-state index in [0.717, 1.165) is 20.7 Å². The third-order valence-electron chi connectivity index (χ3n) is 6.82. The van der Waals surface area contributed by atoms with Crippen molar-refractivity contribution in [3.05, 3.63) is 112 Å². The Kier molecular flexibility index (Phi) is 15.3. The highest BCUT2D eigenvalue weighted by atomic mass is 79.9. The summed E-state index contributed by atoms with van der Waals surface area (Å²) in [5, 5.41) is 14.3. The Hall–Kier alpha value is -5.04. The van der Waals surface area contributed by atoms with Gasteiger partial charge in [0.15, 0.2) is 11.5 Å². The van der Waals surface area contributed by atoms with E-state index in [0.29, 0.717) is 10.0 Å². The van der Waals surface area contributed by atoms with Gasteiger partial charge in [0.2, 0.25) is 10.0 Å². The van der Waals surface area contributed by atoms with Crippen LogP contribution in [0.15, 0.2) is 106 Å². The Labute approximate surface area is 317 Å². The fourth-order valence-electron chi connectivity index (χ4n) is 4.29. The van der Waals surface area contributed by atoms with Crippen LogP contribution in [0.3, 0.4) is 0 Å². The van der Waals surface area contributed by atoms with Gasteiger partial charge in [-0.3, -0.25) is 10.1 Å². The van der Waals surface area contributed by atoms with E-state index < -0.39 is 78.9 Å². The molecule has 0 radical (unpaired) electrons. The van der Waals surface area contributed by atoms with Crippen LogP contribution in [-0.2, 0) is 29.5 Å². The average molecular weight is 830 g/mol. The molecule has 1 amide bonds. The summed E-state index contributed by atoms with van der Waals surface area (Å²) in [6, 6.07) is 17.8. The average Bonchev–Trinajstić information content (AvgIpc) is 3.10. The van der Waals surface area contributed by atoms with Crippen molar-refractivity contribution in [1.82, 2.24) is 13.9 Å². The Balaban J connectivity index is 1.90. The molecule has 3 aromatic carbocycles. The molecule has 0 spiro atoms. The number of nitrogens with one attached hydrogen (secondary N) is 1. The molecule has 1 N–H and O–H groups in total. The van der Waals surface area contributed by atoms with Gasteiger partial charge in [0.25, 0.3) is 15.7 Å². The van der Waals surface area contributed by atoms with Crippen molar-refractivity contribution in [2.24, 2.45) is 0 Å². The van der Waals surface area contributed by atoms with Crippen molar-refractivity contribution in [2.45, 2.75) is 42.2 Å². The molecule has 14 nitrogen and oxygen atoms in total. The highest BCUT2D eigenvalue weighted by Crippen LogP contribution is 2.26. The van der Waals surface area contributed by atoms with E-state index in [2.05, 4.69) is 51.5 Å². The second-order valence-corrected chi connectivity index (χ2v) is 16.6. The maximum Gasteiger partial charge on any atom is 0.408 e. The van der Waals surface area contributed by atoms with Gasteiger partial charge in [0.1, 0.15) is 5.60 Å². The van der Waals surface area contributed by atoms with Gasteiger partial charge >= 0.3 is 12.1 Å². The number of ether oxygens (including phenoxy) is 2. The van der Waals surface area contributed by atoms with Gasteiger partial charge in [0.05, 0.1) is 41.1 Å². The molecule has 0 aromatic heterocycles. The molecule has 3 aromatic rings. The van der Waals surface area contributed by atoms with Crippen molar-refractivity contribution in [1.29, 1.82) is 0 Å². The van der Waals surface area contributed by atoms with E-state index in [1.165, 1.54) is 42.5 Å². The first-order valence-electron chi connectivity index (χ1n) is 15.7. The number of para-hydroxylation sites is 1. The summed E-state index contributed by atoms with van der Waals surface area (Å²) in [6.07, 6.45) is 0.406. The first kappa shape index (κ1) is 42.4. The molecule has 53 heavy (non-hydrogen) atoms. The lowest BCUT2D eigenvalue weighted by Crippen LogP contribution is -2.46. The van der Waals surface area contributed by atoms with Crippen molar-refractivity contribution in [2.75, 3.05) is 32.8 Å². The van der Waals surface area contributed by atoms with E-state index in [9.17, 15) is 36.5 Å². The number of nitrogens with zero attached hydrogens (tertiary/aromatic N) is 3. The van der Waals surface area contributed by atoms with Crippen molar-refractivity contribution in [3.63, 3.8) is 0 Å². The highest BCUT2D eigenvalue weighted by molar-refractivity contribution is 9.10. The first-order valence-corrected chi connectivity index (χ1v) is 19.4. The van der Waals surface area contributed by atoms with Gasteiger partial charge in [-0.15, -0.1) is 6.58 Å². The van der Waals surface area contributed by atoms with Crippen LogP contribution in [0.5, 0.6) is 0 Å². The fraction of sp³-hybridized carbons (Fsp3) is 0.278. The van der Waals surface area contributed by atoms with Gasteiger partial charge in [0, 0.05) is 17.1 Å². The first-order chi connectivity index (χ1) is 25.0. The molecule has 1 atom stereocenters. The largest absolute Gasteiger partial charge is 0.449 e. The second kappa shape index (κ2) is 19.2. The van der Waals surface area contributed by atoms with Crippen LogP contribution in [0.2, 0.25) is 0 Å². The lowest BCUT2D eigenvalue weighted by atomic mass is 10.2. The zero-order valence-electron chi connectivity index (χ0n) is 29.0. The molecule has 0 aliphatic rings. The number of hydrogen-bond donors (Lipinski definition) is 1. The SMILES string of the molecule is C=CC(CN(CC#CCN(CC#CCOC(=O)c1ccccc1)S(=O)(=O)c1ccc(Br)cc1)S(=O)(=O)c1ccccc1[N+](=O)[O-])NC(=O)OC(C)(C)C. The van der Waals surface area contributed by atoms with Crippen LogP contribution in [0.4, 0.5) is 10.5 Å². The summed E-state index contributed by atoms with van der Waals surface area (Å²) in [6.45, 7) is 6.43. The standard InChI is InChI=1S/C36H37BrN4O10S2/c1-5-30(38-35(43)51-36(2,3)4)27-40(53(48,49)33-18-10-9-17-32(33)41(44)45)25-12-11-23-39(52(46,47)31-21-19-29(37)20-22-31)24-13-14-26-50-34(42)28-15-7-6-8-16-28/h5-10,15-22,30H,1,23-27H2,2-4H3,(H,38,43). The molecule has 0 saturated carbocycles. The Bertz CT molecular complexity index is 2130. The van der Waals surface area contributed by atoms with Crippen molar-refractivity contribution in [3.8, 4) is 23.7 Å². The van der Waals surface area contributed by atoms with Gasteiger partial charge in [-0.05, 0) is 63.2 Å². The number of carbonyl (C=O) groups is 2. The van der Waals surface area contributed by atoms with Crippen LogP contribution >= 0.6 is 15.9 Å². The smallest absolute Gasteiger partial charge is 0.408 e. The number of alkyl carbamates (subject to hydrolysis) is 1. The minimum Gasteiger partial charge on any atom is -0.449 e. The van der Waals surface area contributed by atoms with Crippen LogP contribution in [0, 0.1) is 33.8 Å². The van der Waals surface area contributed by atoms with E-state index in [1.807, 2.05) is 0 Å². The van der Waals surface area contributed by atoms with Crippen LogP contribution in [0.25, 0.3) is 0 Å². The van der Waals surface area contributed by atoms with Crippen LogP contribution in [-0.4, -0.2) is 86.9 Å². The molecule has 0 bridgehead atoms. The van der Waals surface area contributed by atoms with E-state index >= 15 is 0 Å². The minimum absolute atomic E-state index is 0.0672. The molecule has 0 aliphatic carbocycles. The molecule has 0 fully saturated rings. The maximum absolute atomic E-state index is 13.9. The third kappa shape index (κ3) is 12.8. The predicted octanol–water partition coefficient (Wildman–Crippen LogP) is 4.98. The Morgan fingerprint density at radius 3 is 2.04 bits per heavy atom. The maximum atomic E-state index is 13.9. The summed E-state index contributed by atoms with van der Waals surface area (Å²) < 4.78 is 67.8. The normalized spacial score (nSPS) is 12.0. The van der Waals surface area contributed by atoms with Gasteiger partial charge in [-0.1, -0.05) is 76.0 Å². The number of hydrogen-bond acceptors (Lipinski definition) is 10. The number of carbonyl (C=O) groups excluding carboxylic acids is 2. The lowest BCUT2D eigenvalue weighted by molar-refractivity contribution is -0.387. The topological polar surface area (TPSA) is 183 Å². The van der Waals surface area contributed by atoms with Gasteiger partial charge in [-0.25, -0.2) is 26.4 Å². The Morgan fingerprint density at radius 2 is 1.45 bits per heavy atom. The fourth-order valence-corrected chi connectivity index (χ4v) is 7.33. The van der Waals surface area contributed by atoms with Crippen LogP contribution < -0.4 is 5.32 Å². The molecular formula is C36H37BrN4O10S2. The monoisotopic (exact) mass is 828 g/mol. The van der Waals surface area contributed by atoms with Crippen molar-refractivity contribution >= 4 is 53.7 Å². The molecule has 0 aliphatic heterocycles. The highest BCUT2D eigenvalue weighted by Gasteiger charge is 2.33. The molecule has 17 heteroatoms. The van der Waals surface area contributed by atoms with Gasteiger partial charge < -0.3 is 14.8 Å². The molecule has 1 unspecified atom stereocenters. The number of halogens is 1. The van der Waals surface area contributed by atoms with Gasteiger partial charge in [-0.2, -0.15) is 8.61 Å². The zero-order valence-corrected chi connectivity index (χ0v) is 32.2. The number of amides is 1. The summed E-state index contributed by atoms with van der Waals surface area (Å²) >= 11 is 3.27. The number of sulfonamides is 2. The molecular weight excluding hydrogens is 792 g/mol. The lowest BCUT2D eigenvalue weighted by Gasteiger charge is -2.26.